The third kappa shape index (κ3) is 2.35. The van der Waals surface area contributed by atoms with Gasteiger partial charge in [-0.15, -0.1) is 0 Å². The number of carbonyl (C=O) groups excluding carboxylic acids is 1. The standard InChI is InChI=1S/C13H17NO2/c1-2-12-8-9-14(12)13(15)16-10-11-6-4-3-5-7-11/h3-7,12H,2,8-10H2,1H3. The molecular weight excluding hydrogens is 202 g/mol. The molecule has 86 valence electrons. The van der Waals surface area contributed by atoms with Crippen LogP contribution in [0.4, 0.5) is 4.79 Å². The number of ether oxygens (including phenoxy) is 1. The largest absolute Gasteiger partial charge is 0.445 e. The van der Waals surface area contributed by atoms with Gasteiger partial charge < -0.3 is 9.64 Å². The number of nitrogens with zero attached hydrogens (tertiary/aromatic N) is 1. The monoisotopic (exact) mass is 219 g/mol. The van der Waals surface area contributed by atoms with E-state index in [4.69, 9.17) is 4.74 Å². The molecule has 3 heteroatoms. The third-order valence-corrected chi connectivity index (χ3v) is 3.05. The molecule has 1 aromatic carbocycles. The summed E-state index contributed by atoms with van der Waals surface area (Å²) in [5, 5.41) is 0. The highest BCUT2D eigenvalue weighted by molar-refractivity contribution is 5.69. The second kappa shape index (κ2) is 5.01. The fourth-order valence-corrected chi connectivity index (χ4v) is 1.91. The Kier molecular flexibility index (Phi) is 3.44. The molecule has 0 N–H and O–H groups in total. The summed E-state index contributed by atoms with van der Waals surface area (Å²) in [6.45, 7) is 3.31. The van der Waals surface area contributed by atoms with Gasteiger partial charge in [-0.05, 0) is 18.4 Å². The van der Waals surface area contributed by atoms with Crippen molar-refractivity contribution in [2.45, 2.75) is 32.4 Å². The Hall–Kier alpha value is -1.51. The van der Waals surface area contributed by atoms with Crippen molar-refractivity contribution in [1.82, 2.24) is 4.90 Å². The van der Waals surface area contributed by atoms with Crippen LogP contribution in [0.3, 0.4) is 0 Å². The zero-order chi connectivity index (χ0) is 11.4. The van der Waals surface area contributed by atoms with Crippen LogP contribution in [-0.4, -0.2) is 23.6 Å². The van der Waals surface area contributed by atoms with Gasteiger partial charge in [0.05, 0.1) is 0 Å². The molecular formula is C13H17NO2. The van der Waals surface area contributed by atoms with Crippen molar-refractivity contribution in [3.05, 3.63) is 35.9 Å². The zero-order valence-corrected chi connectivity index (χ0v) is 9.56. The van der Waals surface area contributed by atoms with Gasteiger partial charge in [0.1, 0.15) is 6.61 Å². The van der Waals surface area contributed by atoms with Crippen molar-refractivity contribution in [3.8, 4) is 0 Å². The first-order valence-electron chi connectivity index (χ1n) is 5.78. The Morgan fingerprint density at radius 2 is 2.19 bits per heavy atom. The lowest BCUT2D eigenvalue weighted by Gasteiger charge is -2.39. The minimum atomic E-state index is -0.179. The molecule has 1 heterocycles. The maximum atomic E-state index is 11.7. The molecule has 1 amide bonds. The van der Waals surface area contributed by atoms with E-state index in [2.05, 4.69) is 6.92 Å². The number of likely N-dealkylation sites (tertiary alicyclic amines) is 1. The lowest BCUT2D eigenvalue weighted by atomic mass is 10.0. The molecule has 16 heavy (non-hydrogen) atoms. The van der Waals surface area contributed by atoms with E-state index in [1.54, 1.807) is 0 Å². The molecule has 0 radical (unpaired) electrons. The number of rotatable bonds is 3. The van der Waals surface area contributed by atoms with E-state index >= 15 is 0 Å². The van der Waals surface area contributed by atoms with E-state index < -0.39 is 0 Å². The van der Waals surface area contributed by atoms with Crippen LogP contribution >= 0.6 is 0 Å². The van der Waals surface area contributed by atoms with Crippen molar-refractivity contribution in [3.63, 3.8) is 0 Å². The van der Waals surface area contributed by atoms with Crippen LogP contribution in [0.5, 0.6) is 0 Å². The second-order valence-corrected chi connectivity index (χ2v) is 4.08. The number of benzene rings is 1. The van der Waals surface area contributed by atoms with Gasteiger partial charge in [0, 0.05) is 12.6 Å². The van der Waals surface area contributed by atoms with Gasteiger partial charge in [-0.2, -0.15) is 0 Å². The van der Waals surface area contributed by atoms with Gasteiger partial charge in [-0.1, -0.05) is 37.3 Å². The highest BCUT2D eigenvalue weighted by Crippen LogP contribution is 2.21. The summed E-state index contributed by atoms with van der Waals surface area (Å²) in [6, 6.07) is 10.2. The summed E-state index contributed by atoms with van der Waals surface area (Å²) in [7, 11) is 0. The lowest BCUT2D eigenvalue weighted by molar-refractivity contribution is 0.0425. The lowest BCUT2D eigenvalue weighted by Crippen LogP contribution is -2.50. The molecule has 1 aliphatic heterocycles. The van der Waals surface area contributed by atoms with Crippen LogP contribution in [0.15, 0.2) is 30.3 Å². The molecule has 1 aliphatic rings. The number of hydrogen-bond donors (Lipinski definition) is 0. The summed E-state index contributed by atoms with van der Waals surface area (Å²) in [4.78, 5) is 13.5. The average molecular weight is 219 g/mol. The van der Waals surface area contributed by atoms with Crippen LogP contribution in [-0.2, 0) is 11.3 Å². The summed E-state index contributed by atoms with van der Waals surface area (Å²) < 4.78 is 5.25. The van der Waals surface area contributed by atoms with E-state index in [0.717, 1.165) is 24.9 Å². The van der Waals surface area contributed by atoms with Crippen molar-refractivity contribution in [2.24, 2.45) is 0 Å². The van der Waals surface area contributed by atoms with E-state index in [9.17, 15) is 4.79 Å². The quantitative estimate of drug-likeness (QED) is 0.782. The SMILES string of the molecule is CCC1CCN1C(=O)OCc1ccccc1. The fraction of sp³-hybridized carbons (Fsp3) is 0.462. The first kappa shape index (κ1) is 11.0. The van der Waals surface area contributed by atoms with Gasteiger partial charge in [-0.25, -0.2) is 4.79 Å². The number of carbonyl (C=O) groups is 1. The molecule has 1 saturated heterocycles. The normalized spacial score (nSPS) is 19.1. The van der Waals surface area contributed by atoms with Crippen molar-refractivity contribution in [1.29, 1.82) is 0 Å². The molecule has 0 saturated carbocycles. The molecule has 0 bridgehead atoms. The maximum absolute atomic E-state index is 11.7. The summed E-state index contributed by atoms with van der Waals surface area (Å²) in [6.07, 6.45) is 1.94. The molecule has 1 aromatic rings. The molecule has 1 unspecified atom stereocenters. The highest BCUT2D eigenvalue weighted by Gasteiger charge is 2.31. The summed E-state index contributed by atoms with van der Waals surface area (Å²) >= 11 is 0. The zero-order valence-electron chi connectivity index (χ0n) is 9.56. The molecule has 3 nitrogen and oxygen atoms in total. The predicted octanol–water partition coefficient (Wildman–Crippen LogP) is 2.81. The van der Waals surface area contributed by atoms with Gasteiger partial charge in [0.25, 0.3) is 0 Å². The van der Waals surface area contributed by atoms with E-state index in [1.165, 1.54) is 0 Å². The molecule has 0 aromatic heterocycles. The number of amides is 1. The van der Waals surface area contributed by atoms with E-state index in [-0.39, 0.29) is 6.09 Å². The molecule has 2 rings (SSSR count). The third-order valence-electron chi connectivity index (χ3n) is 3.05. The van der Waals surface area contributed by atoms with Crippen molar-refractivity contribution < 1.29 is 9.53 Å². The van der Waals surface area contributed by atoms with E-state index in [0.29, 0.717) is 12.6 Å². The predicted molar refractivity (Wildman–Crippen MR) is 62.0 cm³/mol. The van der Waals surface area contributed by atoms with Crippen LogP contribution in [0, 0.1) is 0 Å². The Labute approximate surface area is 96.0 Å². The summed E-state index contributed by atoms with van der Waals surface area (Å²) in [5.74, 6) is 0. The minimum absolute atomic E-state index is 0.179. The Morgan fingerprint density at radius 3 is 2.75 bits per heavy atom. The average Bonchev–Trinajstić information content (AvgIpc) is 2.27. The Morgan fingerprint density at radius 1 is 1.44 bits per heavy atom. The van der Waals surface area contributed by atoms with E-state index in [1.807, 2.05) is 35.2 Å². The van der Waals surface area contributed by atoms with Crippen LogP contribution in [0.2, 0.25) is 0 Å². The first-order valence-corrected chi connectivity index (χ1v) is 5.78. The topological polar surface area (TPSA) is 29.5 Å². The van der Waals surface area contributed by atoms with Crippen LogP contribution in [0.25, 0.3) is 0 Å². The van der Waals surface area contributed by atoms with Crippen LogP contribution < -0.4 is 0 Å². The number of hydrogen-bond acceptors (Lipinski definition) is 2. The fourth-order valence-electron chi connectivity index (χ4n) is 1.91. The Bertz CT molecular complexity index is 348. The Balaban J connectivity index is 1.80. The van der Waals surface area contributed by atoms with Crippen LogP contribution in [0.1, 0.15) is 25.3 Å². The van der Waals surface area contributed by atoms with Gasteiger partial charge >= 0.3 is 6.09 Å². The second-order valence-electron chi connectivity index (χ2n) is 4.08. The molecule has 0 aliphatic carbocycles. The molecule has 1 fully saturated rings. The van der Waals surface area contributed by atoms with Gasteiger partial charge in [-0.3, -0.25) is 0 Å². The summed E-state index contributed by atoms with van der Waals surface area (Å²) in [5.41, 5.74) is 1.03. The first-order chi connectivity index (χ1) is 7.81. The smallest absolute Gasteiger partial charge is 0.410 e. The maximum Gasteiger partial charge on any atom is 0.410 e. The van der Waals surface area contributed by atoms with Gasteiger partial charge in [0.2, 0.25) is 0 Å². The van der Waals surface area contributed by atoms with Crippen molar-refractivity contribution >= 4 is 6.09 Å². The van der Waals surface area contributed by atoms with Crippen molar-refractivity contribution in [2.75, 3.05) is 6.54 Å². The molecule has 1 atom stereocenters. The minimum Gasteiger partial charge on any atom is -0.445 e. The van der Waals surface area contributed by atoms with Gasteiger partial charge in [0.15, 0.2) is 0 Å². The highest BCUT2D eigenvalue weighted by atomic mass is 16.6. The molecule has 0 spiro atoms.